The zero-order chi connectivity index (χ0) is 12.6. The van der Waals surface area contributed by atoms with Crippen LogP contribution in [0.4, 0.5) is 0 Å². The summed E-state index contributed by atoms with van der Waals surface area (Å²) in [6.45, 7) is 11.6. The van der Waals surface area contributed by atoms with Gasteiger partial charge in [-0.15, -0.1) is 0 Å². The highest BCUT2D eigenvalue weighted by Gasteiger charge is 2.44. The number of hydrogen-bond donors (Lipinski definition) is 1. The van der Waals surface area contributed by atoms with Crippen LogP contribution in [0.5, 0.6) is 0 Å². The van der Waals surface area contributed by atoms with Crippen molar-refractivity contribution in [2.24, 2.45) is 17.6 Å². The fourth-order valence-electron chi connectivity index (χ4n) is 3.53. The second-order valence-electron chi connectivity index (χ2n) is 6.57. The summed E-state index contributed by atoms with van der Waals surface area (Å²) >= 11 is 0. The van der Waals surface area contributed by atoms with Crippen LogP contribution in [0, 0.1) is 11.8 Å². The molecule has 0 amide bonds. The number of nitrogens with zero attached hydrogens (tertiary/aromatic N) is 2. The van der Waals surface area contributed by atoms with Crippen LogP contribution in [-0.4, -0.2) is 54.6 Å². The van der Waals surface area contributed by atoms with E-state index in [0.29, 0.717) is 6.04 Å². The predicted molar refractivity (Wildman–Crippen MR) is 73.0 cm³/mol. The van der Waals surface area contributed by atoms with E-state index >= 15 is 0 Å². The van der Waals surface area contributed by atoms with E-state index in [1.54, 1.807) is 0 Å². The van der Waals surface area contributed by atoms with Gasteiger partial charge in [-0.2, -0.15) is 0 Å². The molecule has 0 saturated carbocycles. The Morgan fingerprint density at radius 2 is 1.76 bits per heavy atom. The summed E-state index contributed by atoms with van der Waals surface area (Å²) in [5.41, 5.74) is 6.44. The van der Waals surface area contributed by atoms with Crippen molar-refractivity contribution < 1.29 is 0 Å². The molecular weight excluding hydrogens is 210 g/mol. The van der Waals surface area contributed by atoms with Gasteiger partial charge < -0.3 is 10.6 Å². The summed E-state index contributed by atoms with van der Waals surface area (Å²) in [6.07, 6.45) is 2.48. The fourth-order valence-corrected chi connectivity index (χ4v) is 3.53. The monoisotopic (exact) mass is 239 g/mol. The molecule has 0 aliphatic carbocycles. The summed E-state index contributed by atoms with van der Waals surface area (Å²) in [6, 6.07) is 0.665. The van der Waals surface area contributed by atoms with Gasteiger partial charge in [-0.3, -0.25) is 4.90 Å². The normalized spacial score (nSPS) is 45.4. The summed E-state index contributed by atoms with van der Waals surface area (Å²) in [4.78, 5) is 5.17. The minimum absolute atomic E-state index is 0.283. The second-order valence-corrected chi connectivity index (χ2v) is 6.57. The first-order valence-electron chi connectivity index (χ1n) is 7.14. The van der Waals surface area contributed by atoms with E-state index in [-0.39, 0.29) is 5.54 Å². The average molecular weight is 239 g/mol. The van der Waals surface area contributed by atoms with Gasteiger partial charge in [0.15, 0.2) is 0 Å². The lowest BCUT2D eigenvalue weighted by Crippen LogP contribution is -2.60. The smallest absolute Gasteiger partial charge is 0.0358 e. The van der Waals surface area contributed by atoms with E-state index in [4.69, 9.17) is 5.73 Å². The van der Waals surface area contributed by atoms with E-state index in [1.807, 2.05) is 0 Å². The molecule has 2 rings (SSSR count). The molecule has 2 aliphatic heterocycles. The van der Waals surface area contributed by atoms with Gasteiger partial charge in [-0.05, 0) is 45.2 Å². The molecule has 0 radical (unpaired) electrons. The molecule has 0 aromatic heterocycles. The first-order valence-corrected chi connectivity index (χ1v) is 7.14. The van der Waals surface area contributed by atoms with Crippen LogP contribution in [0.1, 0.15) is 33.6 Å². The molecule has 2 heterocycles. The van der Waals surface area contributed by atoms with Crippen molar-refractivity contribution in [3.8, 4) is 0 Å². The molecule has 2 saturated heterocycles. The molecule has 17 heavy (non-hydrogen) atoms. The summed E-state index contributed by atoms with van der Waals surface area (Å²) in [5.74, 6) is 1.65. The van der Waals surface area contributed by atoms with Crippen molar-refractivity contribution in [3.63, 3.8) is 0 Å². The Balaban J connectivity index is 2.10. The van der Waals surface area contributed by atoms with Gasteiger partial charge >= 0.3 is 0 Å². The van der Waals surface area contributed by atoms with Gasteiger partial charge in [0, 0.05) is 31.2 Å². The number of rotatable bonds is 2. The van der Waals surface area contributed by atoms with E-state index in [9.17, 15) is 0 Å². The Morgan fingerprint density at radius 1 is 1.18 bits per heavy atom. The van der Waals surface area contributed by atoms with Crippen molar-refractivity contribution >= 4 is 0 Å². The standard InChI is InChI=1S/C14H29N3/c1-11-8-17(9-12(11)2)14(10-15)5-6-16(4)13(3)7-14/h11-13H,5-10,15H2,1-4H3. The predicted octanol–water partition coefficient (Wildman–Crippen LogP) is 1.39. The summed E-state index contributed by atoms with van der Waals surface area (Å²) < 4.78 is 0. The molecular formula is C14H29N3. The maximum atomic E-state index is 6.16. The Morgan fingerprint density at radius 3 is 2.24 bits per heavy atom. The molecule has 0 aromatic rings. The third-order valence-electron chi connectivity index (χ3n) is 5.40. The number of piperidine rings is 1. The maximum absolute atomic E-state index is 6.16. The van der Waals surface area contributed by atoms with Gasteiger partial charge in [-0.1, -0.05) is 13.8 Å². The van der Waals surface area contributed by atoms with Crippen LogP contribution in [0.25, 0.3) is 0 Å². The largest absolute Gasteiger partial charge is 0.329 e. The minimum Gasteiger partial charge on any atom is -0.329 e. The van der Waals surface area contributed by atoms with Crippen LogP contribution in [0.2, 0.25) is 0 Å². The molecule has 2 aliphatic rings. The van der Waals surface area contributed by atoms with Crippen LogP contribution >= 0.6 is 0 Å². The van der Waals surface area contributed by atoms with Gasteiger partial charge in [-0.25, -0.2) is 0 Å². The lowest BCUT2D eigenvalue weighted by molar-refractivity contribution is 0.0222. The highest BCUT2D eigenvalue weighted by Crippen LogP contribution is 2.36. The third kappa shape index (κ3) is 2.38. The molecule has 4 unspecified atom stereocenters. The maximum Gasteiger partial charge on any atom is 0.0358 e. The lowest BCUT2D eigenvalue weighted by Gasteiger charge is -2.49. The lowest BCUT2D eigenvalue weighted by atomic mass is 9.82. The third-order valence-corrected chi connectivity index (χ3v) is 5.40. The van der Waals surface area contributed by atoms with Crippen molar-refractivity contribution in [2.75, 3.05) is 33.2 Å². The van der Waals surface area contributed by atoms with Crippen molar-refractivity contribution in [2.45, 2.75) is 45.2 Å². The van der Waals surface area contributed by atoms with Crippen molar-refractivity contribution in [1.82, 2.24) is 9.80 Å². The number of nitrogens with two attached hydrogens (primary N) is 1. The SMILES string of the molecule is CC1CN(C2(CN)CCN(C)C(C)C2)CC1C. The Kier molecular flexibility index (Phi) is 3.81. The van der Waals surface area contributed by atoms with E-state index in [0.717, 1.165) is 18.4 Å². The average Bonchev–Trinajstić information content (AvgIpc) is 2.64. The molecule has 3 heteroatoms. The minimum atomic E-state index is 0.283. The Bertz CT molecular complexity index is 258. The van der Waals surface area contributed by atoms with Gasteiger partial charge in [0.2, 0.25) is 0 Å². The molecule has 4 atom stereocenters. The zero-order valence-electron chi connectivity index (χ0n) is 11.9. The first kappa shape index (κ1) is 13.3. The summed E-state index contributed by atoms with van der Waals surface area (Å²) in [5, 5.41) is 0. The van der Waals surface area contributed by atoms with Gasteiger partial charge in [0.05, 0.1) is 0 Å². The van der Waals surface area contributed by atoms with Gasteiger partial charge in [0.1, 0.15) is 0 Å². The van der Waals surface area contributed by atoms with Crippen LogP contribution < -0.4 is 5.73 Å². The Hall–Kier alpha value is -0.120. The molecule has 100 valence electrons. The topological polar surface area (TPSA) is 32.5 Å². The zero-order valence-corrected chi connectivity index (χ0v) is 11.9. The van der Waals surface area contributed by atoms with Crippen molar-refractivity contribution in [1.29, 1.82) is 0 Å². The highest BCUT2D eigenvalue weighted by molar-refractivity contribution is 5.01. The van der Waals surface area contributed by atoms with E-state index in [2.05, 4.69) is 37.6 Å². The molecule has 0 spiro atoms. The number of likely N-dealkylation sites (tertiary alicyclic amines) is 2. The molecule has 0 aromatic carbocycles. The quantitative estimate of drug-likeness (QED) is 0.790. The molecule has 0 bridgehead atoms. The van der Waals surface area contributed by atoms with Crippen LogP contribution in [-0.2, 0) is 0 Å². The fraction of sp³-hybridized carbons (Fsp3) is 1.00. The molecule has 2 fully saturated rings. The van der Waals surface area contributed by atoms with Gasteiger partial charge in [0.25, 0.3) is 0 Å². The second kappa shape index (κ2) is 4.87. The highest BCUT2D eigenvalue weighted by atomic mass is 15.3. The van der Waals surface area contributed by atoms with E-state index in [1.165, 1.54) is 32.5 Å². The molecule has 3 nitrogen and oxygen atoms in total. The Labute approximate surface area is 106 Å². The van der Waals surface area contributed by atoms with Crippen LogP contribution in [0.3, 0.4) is 0 Å². The van der Waals surface area contributed by atoms with Crippen molar-refractivity contribution in [3.05, 3.63) is 0 Å². The first-order chi connectivity index (χ1) is 7.98. The van der Waals surface area contributed by atoms with E-state index < -0.39 is 0 Å². The molecule has 2 N–H and O–H groups in total. The number of hydrogen-bond acceptors (Lipinski definition) is 3. The van der Waals surface area contributed by atoms with Crippen LogP contribution in [0.15, 0.2) is 0 Å². The summed E-state index contributed by atoms with van der Waals surface area (Å²) in [7, 11) is 2.24.